The Balaban J connectivity index is 1.81. The Morgan fingerprint density at radius 2 is 1.88 bits per heavy atom. The number of nitrogens with one attached hydrogen (secondary N) is 1. The molecule has 0 unspecified atom stereocenters. The summed E-state index contributed by atoms with van der Waals surface area (Å²) < 4.78 is 0. The summed E-state index contributed by atoms with van der Waals surface area (Å²) >= 11 is 1.58. The van der Waals surface area contributed by atoms with E-state index in [1.165, 1.54) is 16.9 Å². The molecule has 3 nitrogen and oxygen atoms in total. The molecule has 0 bridgehead atoms. The van der Waals surface area contributed by atoms with E-state index in [1.54, 1.807) is 11.3 Å². The summed E-state index contributed by atoms with van der Waals surface area (Å²) in [6, 6.07) is 6.52. The average Bonchev–Trinajstić information content (AvgIpc) is 2.87. The van der Waals surface area contributed by atoms with Gasteiger partial charge in [0.2, 0.25) is 5.91 Å². The summed E-state index contributed by atoms with van der Waals surface area (Å²) in [7, 11) is 0. The van der Waals surface area contributed by atoms with Gasteiger partial charge < -0.3 is 5.32 Å². The molecule has 2 aromatic rings. The molecule has 0 saturated carbocycles. The normalized spacial score (nSPS) is 13.2. The molecule has 24 heavy (non-hydrogen) atoms. The summed E-state index contributed by atoms with van der Waals surface area (Å²) in [5.74, 6) is -0.0415. The van der Waals surface area contributed by atoms with Gasteiger partial charge in [0.05, 0.1) is 12.0 Å². The number of anilines is 1. The topological polar surface area (TPSA) is 52.9 Å². The third-order valence-corrected chi connectivity index (χ3v) is 5.92. The standard InChI is InChI=1S/C20H22N2OS/c1-12-8-13(2)16(14(3)9-12)10-19(23)22-20-17(11-21)15-6-4-5-7-18(15)24-20/h8-9H,4-7,10H2,1-3H3,(H,22,23). The van der Waals surface area contributed by atoms with E-state index < -0.39 is 0 Å². The van der Waals surface area contributed by atoms with Crippen molar-refractivity contribution >= 4 is 22.2 Å². The second-order valence-corrected chi connectivity index (χ2v) is 7.73. The number of benzene rings is 1. The van der Waals surface area contributed by atoms with E-state index in [0.29, 0.717) is 12.0 Å². The molecular formula is C20H22N2OS. The Bertz CT molecular complexity index is 819. The highest BCUT2D eigenvalue weighted by Crippen LogP contribution is 2.37. The molecular weight excluding hydrogens is 316 g/mol. The van der Waals surface area contributed by atoms with Crippen molar-refractivity contribution in [3.63, 3.8) is 0 Å². The third-order valence-electron chi connectivity index (χ3n) is 4.71. The maximum absolute atomic E-state index is 12.5. The van der Waals surface area contributed by atoms with Crippen molar-refractivity contribution in [3.8, 4) is 6.07 Å². The fraction of sp³-hybridized carbons (Fsp3) is 0.400. The van der Waals surface area contributed by atoms with Crippen molar-refractivity contribution < 1.29 is 4.79 Å². The number of aryl methyl sites for hydroxylation is 4. The number of carbonyl (C=O) groups excluding carboxylic acids is 1. The van der Waals surface area contributed by atoms with Gasteiger partial charge in [-0.25, -0.2) is 0 Å². The molecule has 4 heteroatoms. The van der Waals surface area contributed by atoms with Gasteiger partial charge in [-0.1, -0.05) is 17.7 Å². The maximum Gasteiger partial charge on any atom is 0.229 e. The lowest BCUT2D eigenvalue weighted by molar-refractivity contribution is -0.115. The predicted molar refractivity (Wildman–Crippen MR) is 98.7 cm³/mol. The monoisotopic (exact) mass is 338 g/mol. The van der Waals surface area contributed by atoms with Crippen LogP contribution in [0.4, 0.5) is 5.00 Å². The van der Waals surface area contributed by atoms with Crippen LogP contribution in [0.3, 0.4) is 0 Å². The molecule has 0 atom stereocenters. The lowest BCUT2D eigenvalue weighted by Gasteiger charge is -2.11. The average molecular weight is 338 g/mol. The van der Waals surface area contributed by atoms with Gasteiger partial charge in [-0.05, 0) is 68.7 Å². The highest BCUT2D eigenvalue weighted by atomic mass is 32.1. The van der Waals surface area contributed by atoms with Crippen molar-refractivity contribution in [2.45, 2.75) is 52.9 Å². The zero-order chi connectivity index (χ0) is 17.3. The number of nitrogens with zero attached hydrogens (tertiary/aromatic N) is 1. The Morgan fingerprint density at radius 3 is 2.54 bits per heavy atom. The highest BCUT2D eigenvalue weighted by Gasteiger charge is 2.22. The summed E-state index contributed by atoms with van der Waals surface area (Å²) in [5, 5.41) is 13.2. The van der Waals surface area contributed by atoms with Crippen LogP contribution in [0.15, 0.2) is 12.1 Å². The molecule has 1 heterocycles. The molecule has 0 fully saturated rings. The number of rotatable bonds is 3. The molecule has 1 amide bonds. The highest BCUT2D eigenvalue weighted by molar-refractivity contribution is 7.16. The van der Waals surface area contributed by atoms with E-state index in [2.05, 4.69) is 30.4 Å². The second-order valence-electron chi connectivity index (χ2n) is 6.63. The zero-order valence-electron chi connectivity index (χ0n) is 14.5. The van der Waals surface area contributed by atoms with E-state index in [1.807, 2.05) is 13.8 Å². The first-order valence-corrected chi connectivity index (χ1v) is 9.22. The number of carbonyl (C=O) groups is 1. The van der Waals surface area contributed by atoms with E-state index in [4.69, 9.17) is 0 Å². The molecule has 1 aliphatic carbocycles. The van der Waals surface area contributed by atoms with Gasteiger partial charge in [0.25, 0.3) is 0 Å². The minimum atomic E-state index is -0.0415. The quantitative estimate of drug-likeness (QED) is 0.889. The van der Waals surface area contributed by atoms with Crippen molar-refractivity contribution in [3.05, 3.63) is 50.4 Å². The van der Waals surface area contributed by atoms with E-state index in [9.17, 15) is 10.1 Å². The van der Waals surface area contributed by atoms with Crippen LogP contribution in [0.5, 0.6) is 0 Å². The van der Waals surface area contributed by atoms with Crippen LogP contribution in [0.25, 0.3) is 0 Å². The summed E-state index contributed by atoms with van der Waals surface area (Å²) in [6.45, 7) is 6.17. The second kappa shape index (κ2) is 6.78. The fourth-order valence-electron chi connectivity index (χ4n) is 3.59. The van der Waals surface area contributed by atoms with Gasteiger partial charge in [-0.15, -0.1) is 11.3 Å². The lowest BCUT2D eigenvalue weighted by atomic mass is 9.96. The summed E-state index contributed by atoms with van der Waals surface area (Å²) in [6.07, 6.45) is 4.65. The Hall–Kier alpha value is -2.12. The molecule has 1 aromatic carbocycles. The van der Waals surface area contributed by atoms with Gasteiger partial charge >= 0.3 is 0 Å². The summed E-state index contributed by atoms with van der Waals surface area (Å²) in [4.78, 5) is 13.8. The van der Waals surface area contributed by atoms with Gasteiger partial charge in [0.15, 0.2) is 0 Å². The van der Waals surface area contributed by atoms with E-state index >= 15 is 0 Å². The van der Waals surface area contributed by atoms with Gasteiger partial charge in [0.1, 0.15) is 11.1 Å². The number of hydrogen-bond donors (Lipinski definition) is 1. The fourth-order valence-corrected chi connectivity index (χ4v) is 4.85. The largest absolute Gasteiger partial charge is 0.316 e. The van der Waals surface area contributed by atoms with Gasteiger partial charge in [-0.3, -0.25) is 4.79 Å². The summed E-state index contributed by atoms with van der Waals surface area (Å²) in [5.41, 5.74) is 6.43. The molecule has 1 aromatic heterocycles. The van der Waals surface area contributed by atoms with Crippen molar-refractivity contribution in [2.75, 3.05) is 5.32 Å². The Kier molecular flexibility index (Phi) is 4.73. The molecule has 0 saturated heterocycles. The van der Waals surface area contributed by atoms with E-state index in [-0.39, 0.29) is 5.91 Å². The van der Waals surface area contributed by atoms with Crippen LogP contribution < -0.4 is 5.32 Å². The van der Waals surface area contributed by atoms with Crippen LogP contribution >= 0.6 is 11.3 Å². The predicted octanol–water partition coefficient (Wildman–Crippen LogP) is 4.61. The minimum Gasteiger partial charge on any atom is -0.316 e. The van der Waals surface area contributed by atoms with Crippen LogP contribution in [0.2, 0.25) is 0 Å². The number of thiophene rings is 1. The number of fused-ring (bicyclic) bond motifs is 1. The van der Waals surface area contributed by atoms with Crippen LogP contribution in [-0.4, -0.2) is 5.91 Å². The lowest BCUT2D eigenvalue weighted by Crippen LogP contribution is -2.16. The molecule has 0 aliphatic heterocycles. The molecule has 0 radical (unpaired) electrons. The molecule has 1 N–H and O–H groups in total. The number of amides is 1. The van der Waals surface area contributed by atoms with Crippen molar-refractivity contribution in [2.24, 2.45) is 0 Å². The molecule has 0 spiro atoms. The Morgan fingerprint density at radius 1 is 1.21 bits per heavy atom. The first-order valence-electron chi connectivity index (χ1n) is 8.40. The number of nitriles is 1. The van der Waals surface area contributed by atoms with Crippen LogP contribution in [0, 0.1) is 32.1 Å². The molecule has 124 valence electrons. The van der Waals surface area contributed by atoms with E-state index in [0.717, 1.165) is 46.5 Å². The molecule has 3 rings (SSSR count). The molecule has 1 aliphatic rings. The smallest absolute Gasteiger partial charge is 0.229 e. The van der Waals surface area contributed by atoms with Crippen molar-refractivity contribution in [1.29, 1.82) is 5.26 Å². The van der Waals surface area contributed by atoms with Gasteiger partial charge in [0, 0.05) is 4.88 Å². The first kappa shape index (κ1) is 16.7. The minimum absolute atomic E-state index is 0.0415. The number of hydrogen-bond acceptors (Lipinski definition) is 3. The SMILES string of the molecule is Cc1cc(C)c(CC(=O)Nc2sc3c(c2C#N)CCCC3)c(C)c1. The zero-order valence-corrected chi connectivity index (χ0v) is 15.3. The Labute approximate surface area is 147 Å². The van der Waals surface area contributed by atoms with Crippen molar-refractivity contribution in [1.82, 2.24) is 0 Å². The van der Waals surface area contributed by atoms with Crippen LogP contribution in [-0.2, 0) is 24.1 Å². The third kappa shape index (κ3) is 3.22. The van der Waals surface area contributed by atoms with Crippen LogP contribution in [0.1, 0.15) is 51.1 Å². The first-order chi connectivity index (χ1) is 11.5. The maximum atomic E-state index is 12.5. The van der Waals surface area contributed by atoms with Gasteiger partial charge in [-0.2, -0.15) is 5.26 Å².